The molecule has 7 heteroatoms. The van der Waals surface area contributed by atoms with Crippen LogP contribution in [0, 0.1) is 0 Å². The van der Waals surface area contributed by atoms with Crippen molar-refractivity contribution in [1.82, 2.24) is 0 Å². The molecule has 0 aromatic rings. The molecule has 1 unspecified atom stereocenters. The topological polar surface area (TPSA) is 119 Å². The zero-order chi connectivity index (χ0) is 12.6. The number of aliphatic imine (C=N–C) groups is 1. The summed E-state index contributed by atoms with van der Waals surface area (Å²) in [6.45, 7) is 2.25. The lowest BCUT2D eigenvalue weighted by molar-refractivity contribution is -0.138. The highest BCUT2D eigenvalue weighted by molar-refractivity contribution is 7.84. The molecule has 0 saturated carbocycles. The molecule has 94 valence electrons. The van der Waals surface area contributed by atoms with Crippen molar-refractivity contribution >= 4 is 22.6 Å². The number of hydrogen-bond donors (Lipinski definition) is 3. The van der Waals surface area contributed by atoms with Gasteiger partial charge >= 0.3 is 5.97 Å². The number of carboxylic acids is 1. The maximum atomic E-state index is 11.4. The first-order valence-electron chi connectivity index (χ1n) is 5.03. The summed E-state index contributed by atoms with van der Waals surface area (Å²) in [7, 11) is -1.03. The van der Waals surface area contributed by atoms with Crippen LogP contribution in [0.1, 0.15) is 19.8 Å². The minimum atomic E-state index is -1.06. The molecule has 0 aliphatic heterocycles. The lowest BCUT2D eigenvalue weighted by atomic mass is 10.2. The van der Waals surface area contributed by atoms with Crippen molar-refractivity contribution in [2.45, 2.75) is 25.8 Å². The molecular weight excluding hydrogens is 230 g/mol. The van der Waals surface area contributed by atoms with Crippen LogP contribution >= 0.6 is 0 Å². The summed E-state index contributed by atoms with van der Waals surface area (Å²) in [6.07, 6.45) is 0.921. The lowest BCUT2D eigenvalue weighted by Gasteiger charge is -2.05. The van der Waals surface area contributed by atoms with E-state index in [2.05, 4.69) is 4.99 Å². The summed E-state index contributed by atoms with van der Waals surface area (Å²) in [6, 6.07) is -0.923. The molecule has 0 saturated heterocycles. The monoisotopic (exact) mass is 249 g/mol. The van der Waals surface area contributed by atoms with Crippen molar-refractivity contribution in [3.8, 4) is 0 Å². The van der Waals surface area contributed by atoms with Crippen molar-refractivity contribution in [2.75, 3.05) is 18.1 Å². The molecule has 0 aliphatic rings. The average Bonchev–Trinajstić information content (AvgIpc) is 2.20. The molecule has 0 amide bonds. The largest absolute Gasteiger partial charge is 0.480 e. The third kappa shape index (κ3) is 8.37. The van der Waals surface area contributed by atoms with E-state index in [-0.39, 0.29) is 6.42 Å². The van der Waals surface area contributed by atoms with E-state index in [4.69, 9.17) is 16.6 Å². The smallest absolute Gasteiger partial charge is 0.320 e. The van der Waals surface area contributed by atoms with Gasteiger partial charge in [0.1, 0.15) is 6.04 Å². The first kappa shape index (κ1) is 15.0. The second-order valence-corrected chi connectivity index (χ2v) is 5.15. The van der Waals surface area contributed by atoms with Crippen molar-refractivity contribution in [3.05, 3.63) is 0 Å². The molecule has 0 bridgehead atoms. The average molecular weight is 249 g/mol. The standard InChI is InChI=1S/C9H19N3O3S/c1-7(10)12-4-2-5-16(15)6-3-8(11)9(13)14/h8H,2-6,11H2,1H3,(H2,10,12)(H,13,14)/t8-,16?/m0/s1. The molecular formula is C9H19N3O3S. The molecule has 0 heterocycles. The zero-order valence-electron chi connectivity index (χ0n) is 9.39. The Morgan fingerprint density at radius 1 is 1.50 bits per heavy atom. The minimum absolute atomic E-state index is 0.237. The van der Waals surface area contributed by atoms with Crippen LogP contribution in [-0.2, 0) is 15.6 Å². The van der Waals surface area contributed by atoms with E-state index in [1.54, 1.807) is 6.92 Å². The first-order valence-corrected chi connectivity index (χ1v) is 6.52. The summed E-state index contributed by atoms with van der Waals surface area (Å²) >= 11 is 0. The van der Waals surface area contributed by atoms with E-state index in [0.717, 1.165) is 0 Å². The predicted octanol–water partition coefficient (Wildman–Crippen LogP) is -0.696. The predicted molar refractivity (Wildman–Crippen MR) is 64.9 cm³/mol. The Morgan fingerprint density at radius 3 is 2.62 bits per heavy atom. The summed E-state index contributed by atoms with van der Waals surface area (Å²) in [4.78, 5) is 14.4. The maximum Gasteiger partial charge on any atom is 0.320 e. The SMILES string of the molecule is CC(N)=NCCCS(=O)CC[C@H](N)C(=O)O. The fraction of sp³-hybridized carbons (Fsp3) is 0.778. The molecule has 2 atom stereocenters. The van der Waals surface area contributed by atoms with Gasteiger partial charge in [0.05, 0.1) is 5.84 Å². The molecule has 5 N–H and O–H groups in total. The molecule has 0 fully saturated rings. The van der Waals surface area contributed by atoms with Crippen LogP contribution in [0.15, 0.2) is 4.99 Å². The molecule has 0 aliphatic carbocycles. The number of nitrogens with two attached hydrogens (primary N) is 2. The Hall–Kier alpha value is -0.950. The highest BCUT2D eigenvalue weighted by Crippen LogP contribution is 1.95. The quantitative estimate of drug-likeness (QED) is 0.299. The van der Waals surface area contributed by atoms with Crippen LogP contribution in [0.2, 0.25) is 0 Å². The number of aliphatic carboxylic acids is 1. The molecule has 0 spiro atoms. The van der Waals surface area contributed by atoms with Gasteiger partial charge in [0.25, 0.3) is 0 Å². The molecule has 0 radical (unpaired) electrons. The first-order chi connectivity index (χ1) is 7.43. The van der Waals surface area contributed by atoms with Gasteiger partial charge in [0, 0.05) is 28.9 Å². The van der Waals surface area contributed by atoms with Crippen LogP contribution in [0.4, 0.5) is 0 Å². The van der Waals surface area contributed by atoms with Gasteiger partial charge in [-0.05, 0) is 19.8 Å². The van der Waals surface area contributed by atoms with Crippen LogP contribution < -0.4 is 11.5 Å². The Kier molecular flexibility index (Phi) is 7.74. The molecule has 0 rings (SSSR count). The van der Waals surface area contributed by atoms with Crippen molar-refractivity contribution in [2.24, 2.45) is 16.5 Å². The Labute approximate surface area is 97.6 Å². The third-order valence-corrected chi connectivity index (χ3v) is 3.30. The van der Waals surface area contributed by atoms with Crippen molar-refractivity contribution in [3.63, 3.8) is 0 Å². The van der Waals surface area contributed by atoms with Gasteiger partial charge < -0.3 is 16.6 Å². The Bertz CT molecular complexity index is 277. The van der Waals surface area contributed by atoms with E-state index in [1.807, 2.05) is 0 Å². The van der Waals surface area contributed by atoms with E-state index in [0.29, 0.717) is 30.3 Å². The summed E-state index contributed by atoms with van der Waals surface area (Å²) in [5.41, 5.74) is 10.6. The number of rotatable bonds is 8. The molecule has 16 heavy (non-hydrogen) atoms. The lowest BCUT2D eigenvalue weighted by Crippen LogP contribution is -2.31. The fourth-order valence-corrected chi connectivity index (χ4v) is 2.14. The number of amidine groups is 1. The van der Waals surface area contributed by atoms with Gasteiger partial charge in [-0.1, -0.05) is 0 Å². The summed E-state index contributed by atoms with van der Waals surface area (Å²) in [5, 5.41) is 8.51. The number of carbonyl (C=O) groups is 1. The minimum Gasteiger partial charge on any atom is -0.480 e. The number of nitrogens with zero attached hydrogens (tertiary/aromatic N) is 1. The normalized spacial score (nSPS) is 15.8. The van der Waals surface area contributed by atoms with Gasteiger partial charge in [-0.2, -0.15) is 0 Å². The second kappa shape index (κ2) is 8.23. The van der Waals surface area contributed by atoms with Crippen molar-refractivity contribution in [1.29, 1.82) is 0 Å². The van der Waals surface area contributed by atoms with Gasteiger partial charge in [-0.25, -0.2) is 0 Å². The van der Waals surface area contributed by atoms with Crippen LogP contribution in [0.5, 0.6) is 0 Å². The Morgan fingerprint density at radius 2 is 2.12 bits per heavy atom. The van der Waals surface area contributed by atoms with Gasteiger partial charge in [0.2, 0.25) is 0 Å². The van der Waals surface area contributed by atoms with E-state index in [1.165, 1.54) is 0 Å². The fourth-order valence-electron chi connectivity index (χ4n) is 0.965. The second-order valence-electron chi connectivity index (χ2n) is 3.46. The Balaban J connectivity index is 3.60. The van der Waals surface area contributed by atoms with E-state index >= 15 is 0 Å². The van der Waals surface area contributed by atoms with Crippen LogP contribution in [0.25, 0.3) is 0 Å². The van der Waals surface area contributed by atoms with E-state index < -0.39 is 22.8 Å². The van der Waals surface area contributed by atoms with Gasteiger partial charge in [0.15, 0.2) is 0 Å². The van der Waals surface area contributed by atoms with Gasteiger partial charge in [-0.15, -0.1) is 0 Å². The third-order valence-electron chi connectivity index (χ3n) is 1.87. The van der Waals surface area contributed by atoms with Crippen molar-refractivity contribution < 1.29 is 14.1 Å². The number of carboxylic acid groups (broad SMARTS) is 1. The highest BCUT2D eigenvalue weighted by Gasteiger charge is 2.12. The van der Waals surface area contributed by atoms with Crippen LogP contribution in [-0.4, -0.2) is 45.2 Å². The number of hydrogen-bond acceptors (Lipinski definition) is 4. The molecule has 6 nitrogen and oxygen atoms in total. The zero-order valence-corrected chi connectivity index (χ0v) is 10.2. The highest BCUT2D eigenvalue weighted by atomic mass is 32.2. The molecule has 0 aromatic carbocycles. The summed E-state index contributed by atoms with van der Waals surface area (Å²) in [5.74, 6) is 0.279. The maximum absolute atomic E-state index is 11.4. The van der Waals surface area contributed by atoms with E-state index in [9.17, 15) is 9.00 Å². The van der Waals surface area contributed by atoms with Crippen LogP contribution in [0.3, 0.4) is 0 Å². The molecule has 0 aromatic heterocycles. The summed E-state index contributed by atoms with van der Waals surface area (Å²) < 4.78 is 11.4. The van der Waals surface area contributed by atoms with Gasteiger partial charge in [-0.3, -0.25) is 14.0 Å².